The fraction of sp³-hybridized carbons (Fsp3) is 0.222. The standard InChI is InChI=1S/C27H26BN3O3/c1-29(22-13-11-21(12-14-22)20-7-3-2-4-8-20)25(32)19-26(33)30-15-17-31(18-16-30)27(34)23-9-5-6-10-24(23)28/h2-14H,15-19H2,1H3. The Morgan fingerprint density at radius 1 is 0.765 bits per heavy atom. The van der Waals surface area contributed by atoms with E-state index in [0.717, 1.165) is 16.8 Å². The lowest BCUT2D eigenvalue weighted by atomic mass is 9.90. The van der Waals surface area contributed by atoms with Gasteiger partial charge in [0.15, 0.2) is 0 Å². The van der Waals surface area contributed by atoms with E-state index >= 15 is 0 Å². The van der Waals surface area contributed by atoms with Crippen LogP contribution in [0.1, 0.15) is 16.8 Å². The van der Waals surface area contributed by atoms with Gasteiger partial charge in [-0.3, -0.25) is 14.4 Å². The number of hydrogen-bond acceptors (Lipinski definition) is 3. The Morgan fingerprint density at radius 2 is 1.32 bits per heavy atom. The van der Waals surface area contributed by atoms with Crippen molar-refractivity contribution in [2.45, 2.75) is 6.42 Å². The smallest absolute Gasteiger partial charge is 0.253 e. The first-order chi connectivity index (χ1) is 16.4. The molecule has 1 aliphatic rings. The van der Waals surface area contributed by atoms with Gasteiger partial charge in [-0.1, -0.05) is 72.2 Å². The van der Waals surface area contributed by atoms with Crippen LogP contribution in [0.25, 0.3) is 11.1 Å². The van der Waals surface area contributed by atoms with E-state index in [1.807, 2.05) is 54.6 Å². The SMILES string of the molecule is [B]c1ccccc1C(=O)N1CCN(C(=O)CC(=O)N(C)c2ccc(-c3ccccc3)cc2)CC1. The molecule has 4 rings (SSSR count). The van der Waals surface area contributed by atoms with Gasteiger partial charge in [-0.2, -0.15) is 0 Å². The maximum absolute atomic E-state index is 12.7. The number of piperazine rings is 1. The molecule has 3 aromatic rings. The molecule has 0 saturated carbocycles. The molecule has 3 aromatic carbocycles. The van der Waals surface area contributed by atoms with E-state index < -0.39 is 0 Å². The molecule has 0 spiro atoms. The third kappa shape index (κ3) is 5.20. The van der Waals surface area contributed by atoms with Gasteiger partial charge in [0.2, 0.25) is 11.8 Å². The molecule has 0 aromatic heterocycles. The highest BCUT2D eigenvalue weighted by molar-refractivity contribution is 6.36. The molecule has 1 heterocycles. The normalized spacial score (nSPS) is 13.4. The molecule has 0 bridgehead atoms. The van der Waals surface area contributed by atoms with Crippen LogP contribution in [-0.2, 0) is 9.59 Å². The first-order valence-corrected chi connectivity index (χ1v) is 11.3. The topological polar surface area (TPSA) is 60.9 Å². The van der Waals surface area contributed by atoms with Crippen molar-refractivity contribution in [2.24, 2.45) is 0 Å². The first-order valence-electron chi connectivity index (χ1n) is 11.3. The number of amides is 3. The molecule has 3 amide bonds. The number of benzene rings is 3. The Kier molecular flexibility index (Phi) is 7.11. The average molecular weight is 451 g/mol. The lowest BCUT2D eigenvalue weighted by Crippen LogP contribution is -2.51. The van der Waals surface area contributed by atoms with Gasteiger partial charge < -0.3 is 14.7 Å². The van der Waals surface area contributed by atoms with Crippen molar-refractivity contribution in [3.8, 4) is 11.1 Å². The molecule has 0 N–H and O–H groups in total. The first kappa shape index (κ1) is 23.3. The van der Waals surface area contributed by atoms with Crippen LogP contribution in [0.3, 0.4) is 0 Å². The van der Waals surface area contributed by atoms with E-state index in [1.165, 1.54) is 4.90 Å². The summed E-state index contributed by atoms with van der Waals surface area (Å²) in [6, 6.07) is 24.7. The quantitative estimate of drug-likeness (QED) is 0.443. The van der Waals surface area contributed by atoms with Gasteiger partial charge >= 0.3 is 0 Å². The van der Waals surface area contributed by atoms with E-state index in [1.54, 1.807) is 41.1 Å². The fourth-order valence-electron chi connectivity index (χ4n) is 4.03. The molecule has 1 fully saturated rings. The summed E-state index contributed by atoms with van der Waals surface area (Å²) in [6.07, 6.45) is -0.212. The Hall–Kier alpha value is -3.87. The number of anilines is 1. The van der Waals surface area contributed by atoms with Crippen molar-refractivity contribution < 1.29 is 14.4 Å². The summed E-state index contributed by atoms with van der Waals surface area (Å²) in [5, 5.41) is 0. The highest BCUT2D eigenvalue weighted by Crippen LogP contribution is 2.23. The second kappa shape index (κ2) is 10.4. The molecular formula is C27H26BN3O3. The van der Waals surface area contributed by atoms with Crippen molar-refractivity contribution in [3.63, 3.8) is 0 Å². The average Bonchev–Trinajstić information content (AvgIpc) is 2.89. The molecule has 0 aliphatic carbocycles. The van der Waals surface area contributed by atoms with Crippen molar-refractivity contribution >= 4 is 36.7 Å². The van der Waals surface area contributed by atoms with Crippen LogP contribution in [-0.4, -0.2) is 68.6 Å². The van der Waals surface area contributed by atoms with Crippen molar-refractivity contribution in [3.05, 3.63) is 84.4 Å². The Balaban J connectivity index is 1.30. The maximum atomic E-state index is 12.7. The summed E-state index contributed by atoms with van der Waals surface area (Å²) in [5.74, 6) is -0.642. The molecule has 6 nitrogen and oxygen atoms in total. The highest BCUT2D eigenvalue weighted by atomic mass is 16.2. The predicted molar refractivity (Wildman–Crippen MR) is 134 cm³/mol. The summed E-state index contributed by atoms with van der Waals surface area (Å²) in [6.45, 7) is 1.59. The minimum Gasteiger partial charge on any atom is -0.339 e. The summed E-state index contributed by atoms with van der Waals surface area (Å²) in [5.41, 5.74) is 3.80. The Bertz CT molecular complexity index is 1170. The van der Waals surface area contributed by atoms with E-state index in [9.17, 15) is 14.4 Å². The molecule has 1 saturated heterocycles. The molecule has 1 aliphatic heterocycles. The molecule has 0 atom stereocenters. The molecule has 2 radical (unpaired) electrons. The van der Waals surface area contributed by atoms with E-state index in [0.29, 0.717) is 37.2 Å². The van der Waals surface area contributed by atoms with Crippen LogP contribution in [0.2, 0.25) is 0 Å². The van der Waals surface area contributed by atoms with Crippen molar-refractivity contribution in [1.29, 1.82) is 0 Å². The van der Waals surface area contributed by atoms with Crippen molar-refractivity contribution in [1.82, 2.24) is 9.80 Å². The fourth-order valence-corrected chi connectivity index (χ4v) is 4.03. The molecule has 0 unspecified atom stereocenters. The number of carbonyl (C=O) groups is 3. The van der Waals surface area contributed by atoms with Crippen LogP contribution < -0.4 is 10.4 Å². The number of nitrogens with zero attached hydrogens (tertiary/aromatic N) is 3. The Labute approximate surface area is 201 Å². The minimum atomic E-state index is -0.270. The minimum absolute atomic E-state index is 0.139. The monoisotopic (exact) mass is 451 g/mol. The summed E-state index contributed by atoms with van der Waals surface area (Å²) >= 11 is 0. The summed E-state index contributed by atoms with van der Waals surface area (Å²) in [7, 11) is 7.59. The van der Waals surface area contributed by atoms with Gasteiger partial charge in [0.05, 0.1) is 0 Å². The van der Waals surface area contributed by atoms with Gasteiger partial charge in [0, 0.05) is 44.5 Å². The zero-order valence-electron chi connectivity index (χ0n) is 19.2. The second-order valence-corrected chi connectivity index (χ2v) is 8.30. The van der Waals surface area contributed by atoms with Crippen LogP contribution in [0.5, 0.6) is 0 Å². The van der Waals surface area contributed by atoms with E-state index in [2.05, 4.69) is 0 Å². The third-order valence-electron chi connectivity index (χ3n) is 6.15. The maximum Gasteiger partial charge on any atom is 0.253 e. The van der Waals surface area contributed by atoms with E-state index in [-0.39, 0.29) is 24.1 Å². The van der Waals surface area contributed by atoms with Gasteiger partial charge in [-0.05, 0) is 23.3 Å². The van der Waals surface area contributed by atoms with Gasteiger partial charge in [0.25, 0.3) is 5.91 Å². The number of carbonyl (C=O) groups excluding carboxylic acids is 3. The van der Waals surface area contributed by atoms with Crippen LogP contribution in [0, 0.1) is 0 Å². The second-order valence-electron chi connectivity index (χ2n) is 8.30. The summed E-state index contributed by atoms with van der Waals surface area (Å²) < 4.78 is 0. The molecular weight excluding hydrogens is 425 g/mol. The summed E-state index contributed by atoms with van der Waals surface area (Å²) in [4.78, 5) is 43.0. The zero-order valence-corrected chi connectivity index (χ0v) is 19.2. The van der Waals surface area contributed by atoms with Gasteiger partial charge in [-0.25, -0.2) is 0 Å². The zero-order chi connectivity index (χ0) is 24.1. The van der Waals surface area contributed by atoms with Crippen LogP contribution in [0.15, 0.2) is 78.9 Å². The van der Waals surface area contributed by atoms with E-state index in [4.69, 9.17) is 7.85 Å². The van der Waals surface area contributed by atoms with Gasteiger partial charge in [-0.15, -0.1) is 0 Å². The highest BCUT2D eigenvalue weighted by Gasteiger charge is 2.27. The molecule has 34 heavy (non-hydrogen) atoms. The lowest BCUT2D eigenvalue weighted by molar-refractivity contribution is -0.136. The van der Waals surface area contributed by atoms with Crippen LogP contribution in [0.4, 0.5) is 5.69 Å². The molecule has 7 heteroatoms. The van der Waals surface area contributed by atoms with Gasteiger partial charge in [0.1, 0.15) is 14.3 Å². The van der Waals surface area contributed by atoms with Crippen molar-refractivity contribution in [2.75, 3.05) is 38.1 Å². The number of hydrogen-bond donors (Lipinski definition) is 0. The predicted octanol–water partition coefficient (Wildman–Crippen LogP) is 2.48. The largest absolute Gasteiger partial charge is 0.339 e. The third-order valence-corrected chi connectivity index (χ3v) is 6.15. The molecule has 170 valence electrons. The number of rotatable bonds is 5. The lowest BCUT2D eigenvalue weighted by Gasteiger charge is -2.35. The van der Waals surface area contributed by atoms with Crippen LogP contribution >= 0.6 is 0 Å². The Morgan fingerprint density at radius 3 is 1.97 bits per heavy atom.